The molecule has 3 nitrogen and oxygen atoms in total. The van der Waals surface area contributed by atoms with Crippen LogP contribution in [0.2, 0.25) is 5.15 Å². The third kappa shape index (κ3) is 2.23. The molecular weight excluding hydrogens is 229 g/mol. The molecule has 0 saturated carbocycles. The van der Waals surface area contributed by atoms with Gasteiger partial charge in [0.1, 0.15) is 10.8 Å². The van der Waals surface area contributed by atoms with E-state index in [1.54, 1.807) is 11.7 Å². The van der Waals surface area contributed by atoms with Gasteiger partial charge in [0, 0.05) is 19.0 Å². The van der Waals surface area contributed by atoms with Crippen molar-refractivity contribution in [2.45, 2.75) is 31.9 Å². The summed E-state index contributed by atoms with van der Waals surface area (Å²) >= 11 is 6.11. The molecule has 1 aliphatic heterocycles. The molecule has 0 unspecified atom stereocenters. The van der Waals surface area contributed by atoms with E-state index in [9.17, 15) is 4.39 Å². The highest BCUT2D eigenvalue weighted by Crippen LogP contribution is 2.31. The van der Waals surface area contributed by atoms with Crippen LogP contribution >= 0.6 is 11.6 Å². The standard InChI is InChI=1S/C11H17ClFN3/c1-8-9(10(12)16(2)15-8)7-11(13)3-5-14-6-4-11/h14H,3-7H2,1-2H3. The maximum absolute atomic E-state index is 14.5. The second kappa shape index (κ2) is 4.34. The van der Waals surface area contributed by atoms with E-state index >= 15 is 0 Å². The summed E-state index contributed by atoms with van der Waals surface area (Å²) in [6, 6.07) is 0. The van der Waals surface area contributed by atoms with Gasteiger partial charge in [0.2, 0.25) is 0 Å². The van der Waals surface area contributed by atoms with E-state index in [1.807, 2.05) is 6.92 Å². The van der Waals surface area contributed by atoms with Crippen molar-refractivity contribution in [1.29, 1.82) is 0 Å². The third-order valence-corrected chi connectivity index (χ3v) is 3.74. The second-order valence-corrected chi connectivity index (χ2v) is 4.91. The third-order valence-electron chi connectivity index (χ3n) is 3.26. The van der Waals surface area contributed by atoms with E-state index in [1.165, 1.54) is 0 Å². The van der Waals surface area contributed by atoms with Gasteiger partial charge in [-0.25, -0.2) is 4.39 Å². The van der Waals surface area contributed by atoms with E-state index in [4.69, 9.17) is 11.6 Å². The summed E-state index contributed by atoms with van der Waals surface area (Å²) in [5.41, 5.74) is 0.569. The van der Waals surface area contributed by atoms with Crippen molar-refractivity contribution in [2.24, 2.45) is 7.05 Å². The van der Waals surface area contributed by atoms with Crippen molar-refractivity contribution in [2.75, 3.05) is 13.1 Å². The van der Waals surface area contributed by atoms with Crippen molar-refractivity contribution < 1.29 is 4.39 Å². The zero-order chi connectivity index (χ0) is 11.8. The number of nitrogens with one attached hydrogen (secondary N) is 1. The summed E-state index contributed by atoms with van der Waals surface area (Å²) in [6.07, 6.45) is 1.49. The number of piperidine rings is 1. The zero-order valence-corrected chi connectivity index (χ0v) is 10.4. The molecule has 1 aromatic heterocycles. The van der Waals surface area contributed by atoms with Gasteiger partial charge in [0.15, 0.2) is 0 Å². The van der Waals surface area contributed by atoms with Crippen molar-refractivity contribution in [3.63, 3.8) is 0 Å². The van der Waals surface area contributed by atoms with Crippen molar-refractivity contribution >= 4 is 11.6 Å². The molecule has 0 radical (unpaired) electrons. The van der Waals surface area contributed by atoms with Crippen molar-refractivity contribution in [3.8, 4) is 0 Å². The Morgan fingerprint density at radius 2 is 2.12 bits per heavy atom. The summed E-state index contributed by atoms with van der Waals surface area (Å²) in [5, 5.41) is 7.94. The van der Waals surface area contributed by atoms with Crippen LogP contribution < -0.4 is 5.32 Å². The van der Waals surface area contributed by atoms with Gasteiger partial charge < -0.3 is 5.32 Å². The number of nitrogens with zero attached hydrogens (tertiary/aromatic N) is 2. The number of aryl methyl sites for hydroxylation is 2. The van der Waals surface area contributed by atoms with Crippen LogP contribution in [0.5, 0.6) is 0 Å². The molecule has 1 N–H and O–H groups in total. The van der Waals surface area contributed by atoms with Crippen LogP contribution in [0.1, 0.15) is 24.1 Å². The molecule has 1 aliphatic rings. The number of hydrogen-bond donors (Lipinski definition) is 1. The highest BCUT2D eigenvalue weighted by molar-refractivity contribution is 6.30. The van der Waals surface area contributed by atoms with Crippen LogP contribution in [0.15, 0.2) is 0 Å². The van der Waals surface area contributed by atoms with E-state index in [-0.39, 0.29) is 0 Å². The lowest BCUT2D eigenvalue weighted by Gasteiger charge is -2.30. The SMILES string of the molecule is Cc1nn(C)c(Cl)c1CC1(F)CCNCC1. The van der Waals surface area contributed by atoms with Gasteiger partial charge in [-0.3, -0.25) is 4.68 Å². The molecule has 1 fully saturated rings. The molecule has 5 heteroatoms. The van der Waals surface area contributed by atoms with Crippen LogP contribution in [0, 0.1) is 6.92 Å². The minimum Gasteiger partial charge on any atom is -0.316 e. The lowest BCUT2D eigenvalue weighted by molar-refractivity contribution is 0.116. The van der Waals surface area contributed by atoms with Crippen LogP contribution in [0.3, 0.4) is 0 Å². The Bertz CT molecular complexity index is 383. The molecule has 0 spiro atoms. The topological polar surface area (TPSA) is 29.9 Å². The Labute approximate surface area is 100.0 Å². The minimum atomic E-state index is -1.12. The van der Waals surface area contributed by atoms with E-state index in [0.29, 0.717) is 24.4 Å². The number of halogens is 2. The number of hydrogen-bond acceptors (Lipinski definition) is 2. The molecule has 0 amide bonds. The molecule has 0 bridgehead atoms. The Balaban J connectivity index is 2.19. The van der Waals surface area contributed by atoms with Crippen LogP contribution in [0.4, 0.5) is 4.39 Å². The van der Waals surface area contributed by atoms with Gasteiger partial charge >= 0.3 is 0 Å². The van der Waals surface area contributed by atoms with Crippen molar-refractivity contribution in [1.82, 2.24) is 15.1 Å². The number of rotatable bonds is 2. The summed E-state index contributed by atoms with van der Waals surface area (Å²) in [7, 11) is 1.78. The number of alkyl halides is 1. The molecular formula is C11H17ClFN3. The van der Waals surface area contributed by atoms with Gasteiger partial charge in [-0.15, -0.1) is 0 Å². The van der Waals surface area contributed by atoms with E-state index < -0.39 is 5.67 Å². The average Bonchev–Trinajstić information content (AvgIpc) is 2.46. The first kappa shape index (κ1) is 11.9. The molecule has 0 atom stereocenters. The predicted octanol–water partition coefficient (Wildman–Crippen LogP) is 2.02. The first-order valence-electron chi connectivity index (χ1n) is 5.59. The maximum Gasteiger partial charge on any atom is 0.130 e. The monoisotopic (exact) mass is 245 g/mol. The zero-order valence-electron chi connectivity index (χ0n) is 9.69. The minimum absolute atomic E-state index is 0.382. The molecule has 1 aromatic rings. The Morgan fingerprint density at radius 3 is 2.62 bits per heavy atom. The van der Waals surface area contributed by atoms with Gasteiger partial charge in [-0.05, 0) is 32.9 Å². The molecule has 0 aromatic carbocycles. The van der Waals surface area contributed by atoms with Crippen LogP contribution in [0.25, 0.3) is 0 Å². The fraction of sp³-hybridized carbons (Fsp3) is 0.727. The van der Waals surface area contributed by atoms with E-state index in [0.717, 1.165) is 24.3 Å². The Kier molecular flexibility index (Phi) is 3.22. The van der Waals surface area contributed by atoms with Crippen molar-refractivity contribution in [3.05, 3.63) is 16.4 Å². The molecule has 1 saturated heterocycles. The molecule has 90 valence electrons. The Hall–Kier alpha value is -0.610. The smallest absolute Gasteiger partial charge is 0.130 e. The number of aromatic nitrogens is 2. The highest BCUT2D eigenvalue weighted by atomic mass is 35.5. The highest BCUT2D eigenvalue weighted by Gasteiger charge is 2.33. The first-order valence-corrected chi connectivity index (χ1v) is 5.97. The second-order valence-electron chi connectivity index (χ2n) is 4.56. The fourth-order valence-electron chi connectivity index (χ4n) is 2.24. The predicted molar refractivity (Wildman–Crippen MR) is 62.6 cm³/mol. The van der Waals surface area contributed by atoms with Crippen LogP contribution in [-0.2, 0) is 13.5 Å². The van der Waals surface area contributed by atoms with Gasteiger partial charge in [0.05, 0.1) is 5.69 Å². The summed E-state index contributed by atoms with van der Waals surface area (Å²) in [6.45, 7) is 3.37. The largest absolute Gasteiger partial charge is 0.316 e. The Morgan fingerprint density at radius 1 is 1.50 bits per heavy atom. The summed E-state index contributed by atoms with van der Waals surface area (Å²) in [5.74, 6) is 0. The first-order chi connectivity index (χ1) is 7.52. The quantitative estimate of drug-likeness (QED) is 0.864. The molecule has 16 heavy (non-hydrogen) atoms. The normalized spacial score (nSPS) is 20.0. The maximum atomic E-state index is 14.5. The molecule has 0 aliphatic carbocycles. The lowest BCUT2D eigenvalue weighted by Crippen LogP contribution is -2.40. The van der Waals surface area contributed by atoms with Crippen LogP contribution in [-0.4, -0.2) is 28.5 Å². The molecule has 2 rings (SSSR count). The van der Waals surface area contributed by atoms with Gasteiger partial charge in [-0.1, -0.05) is 11.6 Å². The molecule has 2 heterocycles. The average molecular weight is 246 g/mol. The van der Waals surface area contributed by atoms with E-state index in [2.05, 4.69) is 10.4 Å². The fourth-order valence-corrected chi connectivity index (χ4v) is 2.48. The lowest BCUT2D eigenvalue weighted by atomic mass is 9.88. The van der Waals surface area contributed by atoms with Gasteiger partial charge in [-0.2, -0.15) is 5.10 Å². The summed E-state index contributed by atoms with van der Waals surface area (Å²) < 4.78 is 16.1. The van der Waals surface area contributed by atoms with Gasteiger partial charge in [0.25, 0.3) is 0 Å². The summed E-state index contributed by atoms with van der Waals surface area (Å²) in [4.78, 5) is 0.